The van der Waals surface area contributed by atoms with Crippen molar-refractivity contribution in [3.8, 4) is 0 Å². The van der Waals surface area contributed by atoms with Crippen LogP contribution in [-0.2, 0) is 0 Å². The van der Waals surface area contributed by atoms with Crippen molar-refractivity contribution in [2.24, 2.45) is 0 Å². The first-order chi connectivity index (χ1) is 12.7. The fourth-order valence-corrected chi connectivity index (χ4v) is 4.00. The van der Waals surface area contributed by atoms with Crippen LogP contribution in [-0.4, -0.2) is 46.2 Å². The van der Waals surface area contributed by atoms with Crippen molar-refractivity contribution in [2.45, 2.75) is 37.6 Å². The maximum Gasteiger partial charge on any atom is 0.321 e. The molecule has 0 atom stereocenters. The monoisotopic (exact) mass is 371 g/mol. The topological polar surface area (TPSA) is 87.2 Å². The van der Waals surface area contributed by atoms with Gasteiger partial charge in [0, 0.05) is 30.6 Å². The van der Waals surface area contributed by atoms with E-state index >= 15 is 0 Å². The summed E-state index contributed by atoms with van der Waals surface area (Å²) in [6.07, 6.45) is 3.83. The highest BCUT2D eigenvalue weighted by atomic mass is 32.1. The Morgan fingerprint density at radius 1 is 1.04 bits per heavy atom. The van der Waals surface area contributed by atoms with Crippen molar-refractivity contribution >= 4 is 28.4 Å². The molecular formula is C18H21N5O2S. The first-order valence-corrected chi connectivity index (χ1v) is 9.76. The molecule has 1 aromatic carbocycles. The lowest BCUT2D eigenvalue weighted by Gasteiger charge is -2.32. The van der Waals surface area contributed by atoms with Crippen LogP contribution in [0.25, 0.3) is 0 Å². The van der Waals surface area contributed by atoms with Crippen LogP contribution in [0.4, 0.5) is 9.93 Å². The molecule has 1 saturated carbocycles. The lowest BCUT2D eigenvalue weighted by atomic mass is 10.0. The summed E-state index contributed by atoms with van der Waals surface area (Å²) in [4.78, 5) is 26.4. The lowest BCUT2D eigenvalue weighted by molar-refractivity contribution is 0.0709. The molecule has 1 saturated heterocycles. The number of carbonyl (C=O) groups is 2. The Bertz CT molecular complexity index is 782. The summed E-state index contributed by atoms with van der Waals surface area (Å²) in [5.41, 5.74) is 0.708. The highest BCUT2D eigenvalue weighted by Crippen LogP contribution is 2.42. The van der Waals surface area contributed by atoms with Crippen LogP contribution in [0, 0.1) is 0 Å². The van der Waals surface area contributed by atoms with Gasteiger partial charge in [0.1, 0.15) is 5.01 Å². The fraction of sp³-hybridized carbons (Fsp3) is 0.444. The number of nitrogens with zero attached hydrogens (tertiary/aromatic N) is 3. The minimum atomic E-state index is -0.253. The number of amides is 3. The molecular weight excluding hydrogens is 350 g/mol. The van der Waals surface area contributed by atoms with Gasteiger partial charge in [0.05, 0.1) is 0 Å². The summed E-state index contributed by atoms with van der Waals surface area (Å²) >= 11 is 1.45. The summed E-state index contributed by atoms with van der Waals surface area (Å²) in [5, 5.41) is 15.4. The molecule has 3 amide bonds. The quantitative estimate of drug-likeness (QED) is 0.865. The molecule has 0 radical (unpaired) electrons. The minimum absolute atomic E-state index is 0.0509. The van der Waals surface area contributed by atoms with Crippen molar-refractivity contribution in [3.63, 3.8) is 0 Å². The third kappa shape index (κ3) is 4.01. The van der Waals surface area contributed by atoms with Crippen LogP contribution in [0.5, 0.6) is 0 Å². The maximum absolute atomic E-state index is 12.4. The van der Waals surface area contributed by atoms with Gasteiger partial charge in [-0.3, -0.25) is 10.1 Å². The van der Waals surface area contributed by atoms with Gasteiger partial charge < -0.3 is 10.2 Å². The van der Waals surface area contributed by atoms with E-state index in [0.717, 1.165) is 17.8 Å². The average Bonchev–Trinajstić information content (AvgIpc) is 3.42. The van der Waals surface area contributed by atoms with E-state index < -0.39 is 0 Å². The SMILES string of the molecule is O=C(Nc1nnc(C2CC2)s1)NC1CCN(C(=O)c2ccccc2)CC1. The van der Waals surface area contributed by atoms with Crippen LogP contribution in [0.2, 0.25) is 0 Å². The molecule has 7 nitrogen and oxygen atoms in total. The number of hydrogen-bond acceptors (Lipinski definition) is 5. The third-order valence-corrected chi connectivity index (χ3v) is 5.73. The summed E-state index contributed by atoms with van der Waals surface area (Å²) in [7, 11) is 0. The van der Waals surface area contributed by atoms with Gasteiger partial charge in [-0.15, -0.1) is 10.2 Å². The molecule has 2 aromatic rings. The van der Waals surface area contributed by atoms with E-state index in [4.69, 9.17) is 0 Å². The third-order valence-electron chi connectivity index (χ3n) is 4.73. The number of rotatable bonds is 4. The van der Waals surface area contributed by atoms with Crippen LogP contribution in [0.1, 0.15) is 47.0 Å². The number of nitrogens with one attached hydrogen (secondary N) is 2. The molecule has 2 fully saturated rings. The van der Waals surface area contributed by atoms with Crippen LogP contribution in [0.15, 0.2) is 30.3 Å². The van der Waals surface area contributed by atoms with E-state index in [0.29, 0.717) is 29.7 Å². The van der Waals surface area contributed by atoms with Crippen molar-refractivity contribution in [1.82, 2.24) is 20.4 Å². The number of anilines is 1. The molecule has 26 heavy (non-hydrogen) atoms. The standard InChI is InChI=1S/C18H21N5O2S/c24-16(13-4-2-1-3-5-13)23-10-8-14(9-11-23)19-17(25)20-18-22-21-15(26-18)12-6-7-12/h1-5,12,14H,6-11H2,(H2,19,20,22,25). The van der Waals surface area contributed by atoms with Crippen molar-refractivity contribution in [2.75, 3.05) is 18.4 Å². The number of urea groups is 1. The van der Waals surface area contributed by atoms with Gasteiger partial charge >= 0.3 is 6.03 Å². The predicted octanol–water partition coefficient (Wildman–Crippen LogP) is 2.84. The zero-order valence-corrected chi connectivity index (χ0v) is 15.2. The molecule has 2 N–H and O–H groups in total. The van der Waals surface area contributed by atoms with Gasteiger partial charge in [0.2, 0.25) is 5.13 Å². The van der Waals surface area contributed by atoms with E-state index in [1.807, 2.05) is 35.2 Å². The molecule has 8 heteroatoms. The molecule has 0 spiro atoms. The number of aromatic nitrogens is 2. The van der Waals surface area contributed by atoms with E-state index in [2.05, 4.69) is 20.8 Å². The zero-order chi connectivity index (χ0) is 17.9. The normalized spacial score (nSPS) is 17.8. The molecule has 1 aromatic heterocycles. The zero-order valence-electron chi connectivity index (χ0n) is 14.4. The Kier molecular flexibility index (Phi) is 4.83. The number of carbonyl (C=O) groups excluding carboxylic acids is 2. The fourth-order valence-electron chi connectivity index (χ4n) is 3.09. The molecule has 0 unspecified atom stereocenters. The summed E-state index contributed by atoms with van der Waals surface area (Å²) in [6, 6.07) is 9.11. The van der Waals surface area contributed by atoms with Crippen LogP contribution in [0.3, 0.4) is 0 Å². The van der Waals surface area contributed by atoms with Gasteiger partial charge in [-0.1, -0.05) is 29.5 Å². The predicted molar refractivity (Wildman–Crippen MR) is 99.4 cm³/mol. The van der Waals surface area contributed by atoms with E-state index in [9.17, 15) is 9.59 Å². The highest BCUT2D eigenvalue weighted by Gasteiger charge is 2.28. The number of hydrogen-bond donors (Lipinski definition) is 2. The van der Waals surface area contributed by atoms with E-state index in [1.54, 1.807) is 0 Å². The molecule has 2 aliphatic rings. The average molecular weight is 371 g/mol. The Labute approximate surface area is 155 Å². The van der Waals surface area contributed by atoms with Gasteiger partial charge in [-0.2, -0.15) is 0 Å². The second-order valence-corrected chi connectivity index (χ2v) is 7.76. The number of piperidine rings is 1. The Balaban J connectivity index is 1.24. The van der Waals surface area contributed by atoms with Crippen LogP contribution >= 0.6 is 11.3 Å². The highest BCUT2D eigenvalue weighted by molar-refractivity contribution is 7.15. The smallest absolute Gasteiger partial charge is 0.321 e. The maximum atomic E-state index is 12.4. The first-order valence-electron chi connectivity index (χ1n) is 8.94. The molecule has 1 aliphatic carbocycles. The van der Waals surface area contributed by atoms with E-state index in [-0.39, 0.29) is 18.0 Å². The minimum Gasteiger partial charge on any atom is -0.338 e. The lowest BCUT2D eigenvalue weighted by Crippen LogP contribution is -2.47. The summed E-state index contributed by atoms with van der Waals surface area (Å²) in [5.74, 6) is 0.590. The van der Waals surface area contributed by atoms with Crippen molar-refractivity contribution in [3.05, 3.63) is 40.9 Å². The molecule has 136 valence electrons. The van der Waals surface area contributed by atoms with Gasteiger partial charge in [0.15, 0.2) is 0 Å². The number of likely N-dealkylation sites (tertiary alicyclic amines) is 1. The molecule has 1 aliphatic heterocycles. The van der Waals surface area contributed by atoms with Gasteiger partial charge in [-0.25, -0.2) is 4.79 Å². The number of benzene rings is 1. The summed E-state index contributed by atoms with van der Waals surface area (Å²) < 4.78 is 0. The van der Waals surface area contributed by atoms with Crippen LogP contribution < -0.4 is 10.6 Å². The molecule has 2 heterocycles. The molecule has 0 bridgehead atoms. The second-order valence-electron chi connectivity index (χ2n) is 6.75. The summed E-state index contributed by atoms with van der Waals surface area (Å²) in [6.45, 7) is 1.28. The largest absolute Gasteiger partial charge is 0.338 e. The van der Waals surface area contributed by atoms with Gasteiger partial charge in [0.25, 0.3) is 5.91 Å². The Hall–Kier alpha value is -2.48. The van der Waals surface area contributed by atoms with Crippen molar-refractivity contribution < 1.29 is 9.59 Å². The second kappa shape index (κ2) is 7.41. The Morgan fingerprint density at radius 2 is 1.77 bits per heavy atom. The van der Waals surface area contributed by atoms with Gasteiger partial charge in [-0.05, 0) is 37.8 Å². The molecule has 4 rings (SSSR count). The Morgan fingerprint density at radius 3 is 2.46 bits per heavy atom. The van der Waals surface area contributed by atoms with E-state index in [1.165, 1.54) is 24.2 Å². The van der Waals surface area contributed by atoms with Crippen molar-refractivity contribution in [1.29, 1.82) is 0 Å². The first kappa shape index (κ1) is 17.0.